The fourth-order valence-corrected chi connectivity index (χ4v) is 5.99. The van der Waals surface area contributed by atoms with Gasteiger partial charge in [-0.25, -0.2) is 4.79 Å². The van der Waals surface area contributed by atoms with Gasteiger partial charge in [0.05, 0.1) is 0 Å². The second kappa shape index (κ2) is 17.5. The van der Waals surface area contributed by atoms with Gasteiger partial charge in [0.15, 0.2) is 0 Å². The van der Waals surface area contributed by atoms with Crippen molar-refractivity contribution in [2.24, 2.45) is 5.92 Å². The van der Waals surface area contributed by atoms with Crippen molar-refractivity contribution in [3.63, 3.8) is 0 Å². The SMILES string of the molecule is CCCCCCCCN(C(=O)C(CC(C)C)NC(=O)OC(C)(C)C)C(C(=O)NC1CCCCC1)c1c(C)cccc1C. The van der Waals surface area contributed by atoms with E-state index in [0.717, 1.165) is 61.6 Å². The first-order chi connectivity index (χ1) is 19.8. The molecule has 0 heterocycles. The van der Waals surface area contributed by atoms with Gasteiger partial charge in [-0.2, -0.15) is 0 Å². The zero-order valence-corrected chi connectivity index (χ0v) is 27.8. The standard InChI is InChI=1S/C35H59N3O4/c1-9-10-11-12-13-17-23-38(33(40)29(24-25(2)3)37-34(41)42-35(6,7)8)31(30-26(4)19-18-20-27(30)5)32(39)36-28-21-15-14-16-22-28/h18-20,25,28-29,31H,9-17,21-24H2,1-8H3,(H,36,39)(H,37,41). The van der Waals surface area contributed by atoms with E-state index in [1.165, 1.54) is 25.7 Å². The first kappa shape index (κ1) is 35.6. The van der Waals surface area contributed by atoms with Crippen LogP contribution in [0.15, 0.2) is 18.2 Å². The average Bonchev–Trinajstić information content (AvgIpc) is 2.89. The van der Waals surface area contributed by atoms with Crippen LogP contribution < -0.4 is 10.6 Å². The van der Waals surface area contributed by atoms with Crippen molar-refractivity contribution in [1.29, 1.82) is 0 Å². The topological polar surface area (TPSA) is 87.7 Å². The van der Waals surface area contributed by atoms with Crippen molar-refractivity contribution >= 4 is 17.9 Å². The summed E-state index contributed by atoms with van der Waals surface area (Å²) in [5.41, 5.74) is 2.17. The number of benzene rings is 1. The Labute approximate surface area is 255 Å². The number of amides is 3. The van der Waals surface area contributed by atoms with Gasteiger partial charge in [0.1, 0.15) is 17.7 Å². The van der Waals surface area contributed by atoms with E-state index in [1.54, 1.807) is 4.90 Å². The second-order valence-corrected chi connectivity index (χ2v) is 13.7. The van der Waals surface area contributed by atoms with Gasteiger partial charge in [-0.3, -0.25) is 9.59 Å². The molecule has 0 radical (unpaired) electrons. The molecule has 1 aliphatic rings. The van der Waals surface area contributed by atoms with Gasteiger partial charge in [-0.15, -0.1) is 0 Å². The molecule has 1 saturated carbocycles. The molecular weight excluding hydrogens is 526 g/mol. The molecule has 1 aromatic carbocycles. The fourth-order valence-electron chi connectivity index (χ4n) is 5.99. The summed E-state index contributed by atoms with van der Waals surface area (Å²) in [6, 6.07) is 4.58. The number of rotatable bonds is 15. The molecule has 1 aromatic rings. The van der Waals surface area contributed by atoms with Crippen LogP contribution in [0.25, 0.3) is 0 Å². The van der Waals surface area contributed by atoms with Crippen molar-refractivity contribution in [3.05, 3.63) is 34.9 Å². The van der Waals surface area contributed by atoms with Crippen molar-refractivity contribution in [2.75, 3.05) is 6.54 Å². The number of carbonyl (C=O) groups is 3. The smallest absolute Gasteiger partial charge is 0.408 e. The first-order valence-corrected chi connectivity index (χ1v) is 16.5. The highest BCUT2D eigenvalue weighted by molar-refractivity contribution is 5.92. The van der Waals surface area contributed by atoms with E-state index < -0.39 is 23.8 Å². The number of hydrogen-bond donors (Lipinski definition) is 2. The Morgan fingerprint density at radius 2 is 1.55 bits per heavy atom. The molecule has 1 fully saturated rings. The van der Waals surface area contributed by atoms with Crippen LogP contribution in [0.5, 0.6) is 0 Å². The van der Waals surface area contributed by atoms with Gasteiger partial charge < -0.3 is 20.3 Å². The number of aryl methyl sites for hydroxylation is 2. The maximum absolute atomic E-state index is 14.6. The molecule has 2 N–H and O–H groups in total. The Hall–Kier alpha value is -2.57. The Morgan fingerprint density at radius 1 is 0.952 bits per heavy atom. The Bertz CT molecular complexity index is 974. The maximum atomic E-state index is 14.6. The van der Waals surface area contributed by atoms with Gasteiger partial charge in [0.2, 0.25) is 11.8 Å². The minimum Gasteiger partial charge on any atom is -0.444 e. The third-order valence-electron chi connectivity index (χ3n) is 8.06. The Balaban J connectivity index is 2.51. The lowest BCUT2D eigenvalue weighted by atomic mass is 9.91. The van der Waals surface area contributed by atoms with Crippen LogP contribution in [-0.2, 0) is 14.3 Å². The van der Waals surface area contributed by atoms with Crippen molar-refractivity contribution in [3.8, 4) is 0 Å². The summed E-state index contributed by atoms with van der Waals surface area (Å²) in [7, 11) is 0. The van der Waals surface area contributed by atoms with E-state index in [9.17, 15) is 14.4 Å². The number of nitrogens with zero attached hydrogens (tertiary/aromatic N) is 1. The van der Waals surface area contributed by atoms with E-state index in [-0.39, 0.29) is 23.8 Å². The van der Waals surface area contributed by atoms with Crippen LogP contribution in [0.3, 0.4) is 0 Å². The van der Waals surface area contributed by atoms with Crippen molar-refractivity contribution < 1.29 is 19.1 Å². The minimum absolute atomic E-state index is 0.121. The van der Waals surface area contributed by atoms with Crippen LogP contribution in [0.4, 0.5) is 4.79 Å². The van der Waals surface area contributed by atoms with E-state index >= 15 is 0 Å². The summed E-state index contributed by atoms with van der Waals surface area (Å²) in [6.45, 7) is 16.2. The highest BCUT2D eigenvalue weighted by atomic mass is 16.6. The molecule has 0 saturated heterocycles. The van der Waals surface area contributed by atoms with Crippen LogP contribution >= 0.6 is 0 Å². The number of nitrogens with one attached hydrogen (secondary N) is 2. The second-order valence-electron chi connectivity index (χ2n) is 13.7. The molecule has 3 amide bonds. The summed E-state index contributed by atoms with van der Waals surface area (Å²) in [6.07, 6.45) is 11.6. The van der Waals surface area contributed by atoms with Gasteiger partial charge in [-0.05, 0) is 82.9 Å². The molecule has 42 heavy (non-hydrogen) atoms. The summed E-state index contributed by atoms with van der Waals surface area (Å²) >= 11 is 0. The average molecular weight is 586 g/mol. The van der Waals surface area contributed by atoms with Crippen molar-refractivity contribution in [1.82, 2.24) is 15.5 Å². The summed E-state index contributed by atoms with van der Waals surface area (Å²) < 4.78 is 5.55. The molecule has 2 atom stereocenters. The number of unbranched alkanes of at least 4 members (excludes halogenated alkanes) is 5. The van der Waals surface area contributed by atoms with Gasteiger partial charge in [0.25, 0.3) is 0 Å². The van der Waals surface area contributed by atoms with Crippen molar-refractivity contribution in [2.45, 2.75) is 156 Å². The number of carbonyl (C=O) groups excluding carboxylic acids is 3. The summed E-state index contributed by atoms with van der Waals surface area (Å²) in [5.74, 6) is -0.201. The Kier molecular flexibility index (Phi) is 14.9. The summed E-state index contributed by atoms with van der Waals surface area (Å²) in [5, 5.41) is 6.21. The molecule has 7 nitrogen and oxygen atoms in total. The molecule has 0 aromatic heterocycles. The zero-order valence-electron chi connectivity index (χ0n) is 27.8. The highest BCUT2D eigenvalue weighted by Crippen LogP contribution is 2.31. The molecule has 238 valence electrons. The number of ether oxygens (including phenoxy) is 1. The first-order valence-electron chi connectivity index (χ1n) is 16.5. The lowest BCUT2D eigenvalue weighted by Crippen LogP contribution is -2.54. The molecule has 1 aliphatic carbocycles. The lowest BCUT2D eigenvalue weighted by Gasteiger charge is -2.37. The van der Waals surface area contributed by atoms with Crippen LogP contribution in [0.2, 0.25) is 0 Å². The maximum Gasteiger partial charge on any atom is 0.408 e. The van der Waals surface area contributed by atoms with E-state index in [2.05, 4.69) is 17.6 Å². The molecule has 2 rings (SSSR count). The third kappa shape index (κ3) is 12.0. The highest BCUT2D eigenvalue weighted by Gasteiger charge is 2.38. The molecule has 0 aliphatic heterocycles. The monoisotopic (exact) mass is 585 g/mol. The molecule has 2 unspecified atom stereocenters. The van der Waals surface area contributed by atoms with Crippen LogP contribution in [0.1, 0.15) is 141 Å². The number of alkyl carbamates (subject to hydrolysis) is 1. The van der Waals surface area contributed by atoms with E-state index in [0.29, 0.717) is 13.0 Å². The number of hydrogen-bond acceptors (Lipinski definition) is 4. The quantitative estimate of drug-likeness (QED) is 0.205. The fraction of sp³-hybridized carbons (Fsp3) is 0.743. The molecule has 0 bridgehead atoms. The zero-order chi connectivity index (χ0) is 31.3. The van der Waals surface area contributed by atoms with Gasteiger partial charge in [0, 0.05) is 12.6 Å². The Morgan fingerprint density at radius 3 is 2.12 bits per heavy atom. The molecule has 7 heteroatoms. The minimum atomic E-state index is -0.797. The molecule has 0 spiro atoms. The summed E-state index contributed by atoms with van der Waals surface area (Å²) in [4.78, 5) is 43.5. The van der Waals surface area contributed by atoms with Gasteiger partial charge >= 0.3 is 6.09 Å². The van der Waals surface area contributed by atoms with Gasteiger partial charge in [-0.1, -0.05) is 90.3 Å². The third-order valence-corrected chi connectivity index (χ3v) is 8.06. The lowest BCUT2D eigenvalue weighted by molar-refractivity contribution is -0.143. The van der Waals surface area contributed by atoms with E-state index in [4.69, 9.17) is 4.74 Å². The predicted molar refractivity (Wildman–Crippen MR) is 171 cm³/mol. The largest absolute Gasteiger partial charge is 0.444 e. The van der Waals surface area contributed by atoms with Crippen LogP contribution in [0, 0.1) is 19.8 Å². The normalized spacial score (nSPS) is 15.6. The van der Waals surface area contributed by atoms with Crippen LogP contribution in [-0.4, -0.2) is 47.0 Å². The van der Waals surface area contributed by atoms with E-state index in [1.807, 2.05) is 66.7 Å². The predicted octanol–water partition coefficient (Wildman–Crippen LogP) is 7.92. The molecular formula is C35H59N3O4.